The molecule has 3 aliphatic rings. The molecule has 0 radical (unpaired) electrons. The normalized spacial score (nSPS) is 13.3. The van der Waals surface area contributed by atoms with Crippen molar-refractivity contribution in [2.75, 3.05) is 32.8 Å². The van der Waals surface area contributed by atoms with Crippen LogP contribution in [0.25, 0.3) is 5.57 Å². The topological polar surface area (TPSA) is 127 Å². The van der Waals surface area contributed by atoms with Crippen LogP contribution in [0.3, 0.4) is 0 Å². The van der Waals surface area contributed by atoms with Gasteiger partial charge in [0.15, 0.2) is 0 Å². The van der Waals surface area contributed by atoms with Gasteiger partial charge in [0.1, 0.15) is 0 Å². The van der Waals surface area contributed by atoms with E-state index in [4.69, 9.17) is 17.1 Å². The number of benzene rings is 6. The Hall–Kier alpha value is -5.08. The van der Waals surface area contributed by atoms with E-state index in [1.165, 1.54) is 55.2 Å². The molecule has 6 aromatic rings. The van der Waals surface area contributed by atoms with Gasteiger partial charge < -0.3 is 19.2 Å². The maximum absolute atomic E-state index is 12.2. The number of hydrogen-bond acceptors (Lipinski definition) is 13. The van der Waals surface area contributed by atoms with Gasteiger partial charge in [-0.1, -0.05) is 180 Å². The first-order chi connectivity index (χ1) is 36.0. The van der Waals surface area contributed by atoms with Crippen LogP contribution in [0.2, 0.25) is 0 Å². The van der Waals surface area contributed by atoms with Gasteiger partial charge in [-0.2, -0.15) is 0 Å². The fraction of sp³-hybridized carbons (Fsp3) is 0.311. The van der Waals surface area contributed by atoms with Gasteiger partial charge in [0.25, 0.3) is 11.8 Å². The molecule has 9 rings (SSSR count). The predicted molar refractivity (Wildman–Crippen MR) is 321 cm³/mol. The average Bonchev–Trinajstić information content (AvgIpc) is 3.73. The molecule has 0 atom stereocenters. The summed E-state index contributed by atoms with van der Waals surface area (Å²) in [5, 5.41) is 0.630. The molecule has 0 spiro atoms. The number of thiocarbonyl (C=S) groups is 1. The van der Waals surface area contributed by atoms with Gasteiger partial charge in [-0.25, -0.2) is 13.2 Å². The van der Waals surface area contributed by atoms with Crippen molar-refractivity contribution in [1.29, 1.82) is 0 Å². The van der Waals surface area contributed by atoms with Crippen molar-refractivity contribution in [3.05, 3.63) is 195 Å². The Morgan fingerprint density at radius 1 is 0.597 bits per heavy atom. The Morgan fingerprint density at radius 3 is 1.55 bits per heavy atom. The van der Waals surface area contributed by atoms with Gasteiger partial charge in [0.05, 0.1) is 20.2 Å². The molecule has 1 fully saturated rings. The second-order valence-corrected chi connectivity index (χ2v) is 23.9. The third kappa shape index (κ3) is 16.7. The molecule has 0 bridgehead atoms. The number of carbonyl (C=O) groups excluding carboxylic acids is 3. The van der Waals surface area contributed by atoms with Crippen LogP contribution >= 0.6 is 47.5 Å². The van der Waals surface area contributed by atoms with E-state index in [0.29, 0.717) is 23.7 Å². The molecule has 6 aromatic carbocycles. The zero-order valence-corrected chi connectivity index (χ0v) is 46.5. The number of imide groups is 1. The number of hydroxylamine groups is 2. The summed E-state index contributed by atoms with van der Waals surface area (Å²) in [6.45, 7) is 3.78. The van der Waals surface area contributed by atoms with E-state index in [1.54, 1.807) is 0 Å². The van der Waals surface area contributed by atoms with E-state index in [9.17, 15) is 27.4 Å². The Morgan fingerprint density at radius 2 is 1.04 bits per heavy atom. The maximum atomic E-state index is 12.2. The summed E-state index contributed by atoms with van der Waals surface area (Å²) >= 11 is 11.1. The summed E-state index contributed by atoms with van der Waals surface area (Å²) < 4.78 is 34.8. The number of para-hydroxylation sites is 4. The van der Waals surface area contributed by atoms with Gasteiger partial charge in [-0.3, -0.25) is 9.59 Å². The standard InChI is InChI=1S/C35H38N2O4S2.C24H23NO3S3.2CH4.Li/c1-2-3-23-42-35(43-24-13-5-8-20-33(40)41-37-31(38)21-22-32(37)39)34-27-16-9-11-18-29(27)36(25-26-14-6-4-7-15-26)30-19-12-10-17-28(30)34;26-31(27,28)16-8-15-30-24(29)23-19-11-4-6-13-21(19)25(17-18-9-2-1-3-10-18)22-14-7-5-12-20(22)23;;;/h4,6-7,9-12,14-19H,2-3,5,8,13,20-25H2,1H3;1-7,9-14,23H,8,15-17H2,(H,26,27,28);2*1H4;/q;;;;+1/p-1. The third-order valence-electron chi connectivity index (χ3n) is 12.8. The minimum Gasteiger partial charge on any atom is -0.748 e. The van der Waals surface area contributed by atoms with Gasteiger partial charge in [0, 0.05) is 81.8 Å². The zero-order chi connectivity index (χ0) is 51.9. The smallest absolute Gasteiger partial charge is 0.748 e. The molecule has 16 heteroatoms. The van der Waals surface area contributed by atoms with Crippen molar-refractivity contribution in [2.24, 2.45) is 0 Å². The largest absolute Gasteiger partial charge is 1.00 e. The molecule has 0 saturated carbocycles. The third-order valence-corrected chi connectivity index (χ3v) is 17.8. The van der Waals surface area contributed by atoms with Gasteiger partial charge in [0.2, 0.25) is 0 Å². The van der Waals surface area contributed by atoms with Gasteiger partial charge in [-0.05, 0) is 89.5 Å². The SMILES string of the molecule is C.C.CCCCSC(SCCCCCC(=O)ON1C(=O)CCC1=O)=C1c2ccccc2N(Cc2ccccc2)c2ccccc21.O=S(=O)([O-])CCCSC(=S)C1c2ccccc2N(Cc2ccccc2)c2ccccc21.[Li+]. The second-order valence-electron chi connectivity index (χ2n) is 18.1. The molecule has 77 heavy (non-hydrogen) atoms. The summed E-state index contributed by atoms with van der Waals surface area (Å²) in [7, 11) is -4.19. The first-order valence-corrected chi connectivity index (χ1v) is 30.1. The summed E-state index contributed by atoms with van der Waals surface area (Å²) in [6, 6.07) is 55.1. The van der Waals surface area contributed by atoms with E-state index < -0.39 is 27.9 Å². The summed E-state index contributed by atoms with van der Waals surface area (Å²) in [6.07, 6.45) is 5.50. The van der Waals surface area contributed by atoms with E-state index in [0.717, 1.165) is 77.0 Å². The monoisotopic (exact) mass is 1120 g/mol. The molecule has 3 aliphatic heterocycles. The number of thioether (sulfide) groups is 3. The molecule has 0 aliphatic carbocycles. The van der Waals surface area contributed by atoms with E-state index in [1.807, 2.05) is 66.0 Å². The minimum atomic E-state index is -4.19. The molecule has 400 valence electrons. The Labute approximate surface area is 487 Å². The van der Waals surface area contributed by atoms with Crippen LogP contribution in [0.4, 0.5) is 22.7 Å². The number of carbonyl (C=O) groups is 3. The first-order valence-electron chi connectivity index (χ1n) is 25.2. The van der Waals surface area contributed by atoms with Crippen molar-refractivity contribution in [3.63, 3.8) is 0 Å². The molecule has 10 nitrogen and oxygen atoms in total. The number of nitrogens with zero attached hydrogens (tertiary/aromatic N) is 3. The summed E-state index contributed by atoms with van der Waals surface area (Å²) in [4.78, 5) is 45.3. The molecular weight excluding hydrogens is 1050 g/mol. The van der Waals surface area contributed by atoms with E-state index in [-0.39, 0.29) is 64.6 Å². The van der Waals surface area contributed by atoms with Crippen LogP contribution in [-0.4, -0.2) is 63.0 Å². The molecule has 0 aromatic heterocycles. The van der Waals surface area contributed by atoms with Crippen LogP contribution in [0.5, 0.6) is 0 Å². The Balaban J connectivity index is 0.000000286. The van der Waals surface area contributed by atoms with Crippen molar-refractivity contribution in [1.82, 2.24) is 5.06 Å². The Bertz CT molecular complexity index is 2960. The fourth-order valence-corrected chi connectivity index (χ4v) is 14.0. The number of amides is 2. The minimum absolute atomic E-state index is 0. The van der Waals surface area contributed by atoms with E-state index >= 15 is 0 Å². The first kappa shape index (κ1) is 62.8. The number of fused-ring (bicyclic) bond motifs is 4. The number of rotatable bonds is 21. The number of hydrogen-bond donors (Lipinski definition) is 0. The van der Waals surface area contributed by atoms with Gasteiger partial charge in [-0.15, -0.1) is 40.3 Å². The molecule has 2 amide bonds. The second kappa shape index (κ2) is 30.9. The number of unbranched alkanes of at least 4 members (excludes halogenated alkanes) is 3. The van der Waals surface area contributed by atoms with Crippen LogP contribution < -0.4 is 28.7 Å². The van der Waals surface area contributed by atoms with Crippen molar-refractivity contribution in [2.45, 2.75) is 98.6 Å². The van der Waals surface area contributed by atoms with Gasteiger partial charge >= 0.3 is 24.8 Å². The zero-order valence-electron chi connectivity index (χ0n) is 42.4. The molecule has 0 unspecified atom stereocenters. The molecule has 0 N–H and O–H groups in total. The van der Waals surface area contributed by atoms with Crippen molar-refractivity contribution in [3.8, 4) is 0 Å². The maximum Gasteiger partial charge on any atom is 1.00 e. The quantitative estimate of drug-likeness (QED) is 0.0223. The molecule has 3 heterocycles. The van der Waals surface area contributed by atoms with E-state index in [2.05, 4.69) is 132 Å². The summed E-state index contributed by atoms with van der Waals surface area (Å²) in [5.41, 5.74) is 13.3. The predicted octanol–water partition coefficient (Wildman–Crippen LogP) is 12.2. The molecular formula is C61H68LiN3O7S5. The van der Waals surface area contributed by atoms with Crippen LogP contribution in [0.15, 0.2) is 162 Å². The van der Waals surface area contributed by atoms with Crippen molar-refractivity contribution >= 4 is 108 Å². The summed E-state index contributed by atoms with van der Waals surface area (Å²) in [5.74, 6) is 0.692. The fourth-order valence-electron chi connectivity index (χ4n) is 9.22. The van der Waals surface area contributed by atoms with Crippen LogP contribution in [0, 0.1) is 0 Å². The van der Waals surface area contributed by atoms with Crippen LogP contribution in [0.1, 0.15) is 119 Å². The van der Waals surface area contributed by atoms with Crippen LogP contribution in [-0.2, 0) is 42.4 Å². The molecule has 1 saturated heterocycles. The number of anilines is 4. The average molecular weight is 1120 g/mol. The van der Waals surface area contributed by atoms with Crippen molar-refractivity contribution < 1.29 is 51.1 Å². The Kier molecular flexibility index (Phi) is 25.2.